The van der Waals surface area contributed by atoms with Gasteiger partial charge in [0.25, 0.3) is 5.91 Å². The molecule has 0 fully saturated rings. The lowest BCUT2D eigenvalue weighted by molar-refractivity contribution is -0.137. The zero-order valence-corrected chi connectivity index (χ0v) is 20.4. The Morgan fingerprint density at radius 2 is 2.03 bits per heavy atom. The molecule has 0 aliphatic rings. The normalized spacial score (nSPS) is 12.6. The van der Waals surface area contributed by atoms with E-state index in [0.717, 1.165) is 53.1 Å². The number of para-hydroxylation sites is 1. The van der Waals surface area contributed by atoms with Crippen LogP contribution in [0, 0.1) is 0 Å². The Hall–Kier alpha value is -3.60. The second kappa shape index (κ2) is 11.0. The second-order valence-electron chi connectivity index (χ2n) is 8.52. The molecule has 1 unspecified atom stereocenters. The number of nitrogens with zero attached hydrogens (tertiary/aromatic N) is 1. The number of aromatic nitrogens is 3. The second-order valence-corrected chi connectivity index (χ2v) is 9.55. The van der Waals surface area contributed by atoms with Gasteiger partial charge in [0, 0.05) is 34.9 Å². The van der Waals surface area contributed by atoms with E-state index in [1.807, 2.05) is 24.4 Å². The van der Waals surface area contributed by atoms with Gasteiger partial charge in [0.15, 0.2) is 5.13 Å². The molecule has 0 radical (unpaired) electrons. The van der Waals surface area contributed by atoms with E-state index in [2.05, 4.69) is 38.6 Å². The maximum atomic E-state index is 13.0. The van der Waals surface area contributed by atoms with Gasteiger partial charge in [-0.2, -0.15) is 13.2 Å². The van der Waals surface area contributed by atoms with Crippen LogP contribution in [0.1, 0.15) is 52.7 Å². The molecule has 11 heteroatoms. The molecule has 190 valence electrons. The minimum absolute atomic E-state index is 0.0642. The van der Waals surface area contributed by atoms with Crippen molar-refractivity contribution in [2.75, 3.05) is 5.32 Å². The molecule has 36 heavy (non-hydrogen) atoms. The number of carbonyl (C=O) groups excluding carboxylic acids is 1. The van der Waals surface area contributed by atoms with Crippen LogP contribution in [-0.2, 0) is 19.1 Å². The number of pyridine rings is 1. The average Bonchev–Trinajstić information content (AvgIpc) is 3.48. The summed E-state index contributed by atoms with van der Waals surface area (Å²) in [5.41, 5.74) is 0.390. The predicted octanol–water partition coefficient (Wildman–Crippen LogP) is 5.47. The molecule has 0 aliphatic carbocycles. The third-order valence-corrected chi connectivity index (χ3v) is 6.72. The molecule has 0 spiro atoms. The minimum Gasteiger partial charge on any atom is -0.361 e. The Kier molecular flexibility index (Phi) is 7.78. The third kappa shape index (κ3) is 6.34. The summed E-state index contributed by atoms with van der Waals surface area (Å²) in [6, 6.07) is 9.35. The number of thiazole rings is 1. The summed E-state index contributed by atoms with van der Waals surface area (Å²) in [6.07, 6.45) is 2.28. The highest BCUT2D eigenvalue weighted by Crippen LogP contribution is 2.28. The van der Waals surface area contributed by atoms with Crippen molar-refractivity contribution in [3.63, 3.8) is 0 Å². The van der Waals surface area contributed by atoms with Crippen molar-refractivity contribution in [3.05, 3.63) is 80.8 Å². The summed E-state index contributed by atoms with van der Waals surface area (Å²) in [7, 11) is 0. The molecule has 0 aliphatic heterocycles. The van der Waals surface area contributed by atoms with Gasteiger partial charge >= 0.3 is 6.18 Å². The fraction of sp³-hybridized carbons (Fsp3) is 0.320. The number of nitrogens with one attached hydrogen (secondary N) is 4. The largest absolute Gasteiger partial charge is 0.416 e. The van der Waals surface area contributed by atoms with Crippen LogP contribution >= 0.6 is 11.3 Å². The Morgan fingerprint density at radius 1 is 1.22 bits per heavy atom. The highest BCUT2D eigenvalue weighted by molar-refractivity contribution is 7.17. The number of hydrogen-bond acceptors (Lipinski definition) is 5. The zero-order chi connectivity index (χ0) is 25.7. The van der Waals surface area contributed by atoms with Crippen LogP contribution in [0.2, 0.25) is 0 Å². The van der Waals surface area contributed by atoms with Gasteiger partial charge in [-0.1, -0.05) is 49.3 Å². The molecule has 0 saturated carbocycles. The number of alkyl halides is 3. The van der Waals surface area contributed by atoms with E-state index in [-0.39, 0.29) is 24.2 Å². The molecule has 0 bridgehead atoms. The Morgan fingerprint density at radius 3 is 2.81 bits per heavy atom. The summed E-state index contributed by atoms with van der Waals surface area (Å²) >= 11 is 1.10. The SMILES string of the molecule is CCCCC(Cc1c[nH]c2ccccc12)NC(=O)c1cnc(NCc2cc(C(F)(F)F)cc(=O)[nH]2)s1. The van der Waals surface area contributed by atoms with Crippen LogP contribution in [0.15, 0.2) is 53.6 Å². The Bertz CT molecular complexity index is 1390. The van der Waals surface area contributed by atoms with Gasteiger partial charge in [-0.15, -0.1) is 0 Å². The van der Waals surface area contributed by atoms with Gasteiger partial charge in [0.2, 0.25) is 5.56 Å². The number of fused-ring (bicyclic) bond motifs is 1. The molecule has 4 rings (SSSR count). The molecule has 1 aromatic carbocycles. The number of aromatic amines is 2. The number of H-pyrrole nitrogens is 2. The lowest BCUT2D eigenvalue weighted by Gasteiger charge is -2.18. The molecule has 3 heterocycles. The number of benzene rings is 1. The summed E-state index contributed by atoms with van der Waals surface area (Å²) in [6.45, 7) is 2.02. The van der Waals surface area contributed by atoms with Crippen molar-refractivity contribution in [1.82, 2.24) is 20.3 Å². The molecule has 3 aromatic heterocycles. The van der Waals surface area contributed by atoms with Gasteiger partial charge < -0.3 is 20.6 Å². The number of unbranched alkanes of at least 4 members (excludes halogenated alkanes) is 1. The number of amides is 1. The lowest BCUT2D eigenvalue weighted by Crippen LogP contribution is -2.36. The van der Waals surface area contributed by atoms with E-state index in [4.69, 9.17) is 0 Å². The molecule has 1 atom stereocenters. The Balaban J connectivity index is 1.40. The topological polar surface area (TPSA) is 103 Å². The van der Waals surface area contributed by atoms with Gasteiger partial charge in [-0.05, 0) is 30.5 Å². The van der Waals surface area contributed by atoms with Crippen molar-refractivity contribution in [3.8, 4) is 0 Å². The standard InChI is InChI=1S/C25H26F3N5O2S/c1-2-3-6-17(9-15-12-29-20-8-5-4-7-19(15)20)33-23(35)21-14-31-24(36-21)30-13-18-10-16(25(26,27)28)11-22(34)32-18/h4-5,7-8,10-12,14,17,29H,2-3,6,9,13H2,1H3,(H,30,31)(H,32,34)(H,33,35). The van der Waals surface area contributed by atoms with Gasteiger partial charge in [0.05, 0.1) is 18.3 Å². The number of anilines is 1. The van der Waals surface area contributed by atoms with Crippen LogP contribution in [0.25, 0.3) is 10.9 Å². The van der Waals surface area contributed by atoms with Crippen molar-refractivity contribution in [1.29, 1.82) is 0 Å². The summed E-state index contributed by atoms with van der Waals surface area (Å²) in [4.78, 5) is 34.7. The number of halogens is 3. The fourth-order valence-electron chi connectivity index (χ4n) is 3.99. The van der Waals surface area contributed by atoms with E-state index in [9.17, 15) is 22.8 Å². The Labute approximate surface area is 209 Å². The quantitative estimate of drug-likeness (QED) is 0.224. The first-order chi connectivity index (χ1) is 17.2. The average molecular weight is 518 g/mol. The predicted molar refractivity (Wildman–Crippen MR) is 134 cm³/mol. The first-order valence-corrected chi connectivity index (χ1v) is 12.4. The fourth-order valence-corrected chi connectivity index (χ4v) is 4.70. The zero-order valence-electron chi connectivity index (χ0n) is 19.5. The third-order valence-electron chi connectivity index (χ3n) is 5.77. The van der Waals surface area contributed by atoms with Crippen LogP contribution in [-0.4, -0.2) is 26.9 Å². The van der Waals surface area contributed by atoms with Crippen LogP contribution < -0.4 is 16.2 Å². The van der Waals surface area contributed by atoms with Crippen molar-refractivity contribution < 1.29 is 18.0 Å². The smallest absolute Gasteiger partial charge is 0.361 e. The summed E-state index contributed by atoms with van der Waals surface area (Å²) in [5, 5.41) is 7.47. The van der Waals surface area contributed by atoms with Crippen molar-refractivity contribution >= 4 is 33.3 Å². The molecule has 4 aromatic rings. The molecular weight excluding hydrogens is 491 g/mol. The van der Waals surface area contributed by atoms with Crippen LogP contribution in [0.4, 0.5) is 18.3 Å². The highest BCUT2D eigenvalue weighted by Gasteiger charge is 2.31. The van der Waals surface area contributed by atoms with Gasteiger partial charge in [0.1, 0.15) is 4.88 Å². The van der Waals surface area contributed by atoms with E-state index >= 15 is 0 Å². The molecule has 0 saturated heterocycles. The summed E-state index contributed by atoms with van der Waals surface area (Å²) in [5.74, 6) is -0.256. The maximum Gasteiger partial charge on any atom is 0.416 e. The van der Waals surface area contributed by atoms with Crippen molar-refractivity contribution in [2.24, 2.45) is 0 Å². The summed E-state index contributed by atoms with van der Waals surface area (Å²) < 4.78 is 38.9. The van der Waals surface area contributed by atoms with Crippen LogP contribution in [0.5, 0.6) is 0 Å². The molecule has 7 nitrogen and oxygen atoms in total. The highest BCUT2D eigenvalue weighted by atomic mass is 32.1. The maximum absolute atomic E-state index is 13.0. The van der Waals surface area contributed by atoms with E-state index < -0.39 is 17.3 Å². The minimum atomic E-state index is -4.61. The van der Waals surface area contributed by atoms with E-state index in [1.165, 1.54) is 6.20 Å². The monoisotopic (exact) mass is 517 g/mol. The molecule has 1 amide bonds. The lowest BCUT2D eigenvalue weighted by atomic mass is 10.0. The number of hydrogen-bond donors (Lipinski definition) is 4. The first kappa shape index (κ1) is 25.5. The number of rotatable bonds is 10. The van der Waals surface area contributed by atoms with E-state index in [0.29, 0.717) is 22.5 Å². The van der Waals surface area contributed by atoms with Gasteiger partial charge in [-0.25, -0.2) is 4.98 Å². The van der Waals surface area contributed by atoms with Crippen molar-refractivity contribution in [2.45, 2.75) is 51.4 Å². The molecule has 4 N–H and O–H groups in total. The molecular formula is C25H26F3N5O2S. The van der Waals surface area contributed by atoms with Crippen LogP contribution in [0.3, 0.4) is 0 Å². The van der Waals surface area contributed by atoms with E-state index in [1.54, 1.807) is 0 Å². The van der Waals surface area contributed by atoms with Gasteiger partial charge in [-0.3, -0.25) is 9.59 Å². The number of carbonyl (C=O) groups is 1. The first-order valence-electron chi connectivity index (χ1n) is 11.6.